The summed E-state index contributed by atoms with van der Waals surface area (Å²) in [7, 11) is 2.08. The number of hydrogen-bond acceptors (Lipinski definition) is 1. The molecule has 1 fully saturated rings. The van der Waals surface area contributed by atoms with Crippen LogP contribution in [0.5, 0.6) is 0 Å². The molecule has 20 heavy (non-hydrogen) atoms. The molecule has 1 N–H and O–H groups in total. The maximum Gasteiger partial charge on any atom is 0.0406 e. The van der Waals surface area contributed by atoms with Crippen LogP contribution in [-0.4, -0.2) is 13.6 Å². The van der Waals surface area contributed by atoms with Crippen LogP contribution in [0.2, 0.25) is 5.02 Å². The Morgan fingerprint density at radius 3 is 2.55 bits per heavy atom. The molecule has 112 valence electrons. The Balaban J connectivity index is 2.00. The van der Waals surface area contributed by atoms with E-state index >= 15 is 0 Å². The first kappa shape index (κ1) is 15.9. The molecule has 2 heteroatoms. The van der Waals surface area contributed by atoms with E-state index in [1.54, 1.807) is 0 Å². The molecule has 1 aromatic carbocycles. The van der Waals surface area contributed by atoms with Crippen molar-refractivity contribution in [3.8, 4) is 0 Å². The lowest BCUT2D eigenvalue weighted by Gasteiger charge is -2.36. The van der Waals surface area contributed by atoms with Crippen LogP contribution in [0.15, 0.2) is 24.3 Å². The van der Waals surface area contributed by atoms with Crippen molar-refractivity contribution < 1.29 is 0 Å². The average molecular weight is 294 g/mol. The average Bonchev–Trinajstić information content (AvgIpc) is 2.45. The normalized spacial score (nSPS) is 26.6. The fraction of sp³-hybridized carbons (Fsp3) is 0.667. The minimum atomic E-state index is 0.828. The molecule has 0 bridgehead atoms. The van der Waals surface area contributed by atoms with Gasteiger partial charge < -0.3 is 5.32 Å². The van der Waals surface area contributed by atoms with E-state index in [2.05, 4.69) is 31.4 Å². The SMILES string of the molecule is CCCC1CCC(CNC)C(Cc2ccc(Cl)cc2)C1. The number of hydrogen-bond donors (Lipinski definition) is 1. The lowest BCUT2D eigenvalue weighted by molar-refractivity contribution is 0.169. The van der Waals surface area contributed by atoms with E-state index in [0.717, 1.165) is 29.3 Å². The number of rotatable bonds is 6. The fourth-order valence-corrected chi connectivity index (χ4v) is 3.92. The molecule has 1 aliphatic carbocycles. The van der Waals surface area contributed by atoms with Crippen molar-refractivity contribution in [1.82, 2.24) is 5.32 Å². The monoisotopic (exact) mass is 293 g/mol. The van der Waals surface area contributed by atoms with Crippen molar-refractivity contribution in [1.29, 1.82) is 0 Å². The summed E-state index contributed by atoms with van der Waals surface area (Å²) in [5.74, 6) is 2.61. The van der Waals surface area contributed by atoms with Crippen LogP contribution >= 0.6 is 11.6 Å². The summed E-state index contributed by atoms with van der Waals surface area (Å²) >= 11 is 5.99. The standard InChI is InChI=1S/C18H28ClN/c1-3-4-14-5-8-16(13-20-2)17(11-14)12-15-6-9-18(19)10-7-15/h6-7,9-10,14,16-17,20H,3-5,8,11-13H2,1-2H3. The predicted molar refractivity (Wildman–Crippen MR) is 88.3 cm³/mol. The Kier molecular flexibility index (Phi) is 6.38. The molecule has 0 amide bonds. The summed E-state index contributed by atoms with van der Waals surface area (Å²) in [5.41, 5.74) is 1.44. The molecule has 1 aromatic rings. The van der Waals surface area contributed by atoms with Crippen LogP contribution in [0.25, 0.3) is 0 Å². The second-order valence-corrected chi connectivity index (χ2v) is 6.81. The Bertz CT molecular complexity index is 387. The van der Waals surface area contributed by atoms with E-state index in [9.17, 15) is 0 Å². The van der Waals surface area contributed by atoms with Crippen molar-refractivity contribution in [3.05, 3.63) is 34.9 Å². The zero-order chi connectivity index (χ0) is 14.4. The molecule has 1 saturated carbocycles. The summed E-state index contributed by atoms with van der Waals surface area (Å²) in [5, 5.41) is 4.23. The summed E-state index contributed by atoms with van der Waals surface area (Å²) in [6, 6.07) is 8.44. The van der Waals surface area contributed by atoms with E-state index in [1.807, 2.05) is 12.1 Å². The third-order valence-corrected chi connectivity index (χ3v) is 5.07. The molecule has 0 aliphatic heterocycles. The van der Waals surface area contributed by atoms with Gasteiger partial charge in [-0.15, -0.1) is 0 Å². The second kappa shape index (κ2) is 8.05. The summed E-state index contributed by atoms with van der Waals surface area (Å²) in [4.78, 5) is 0. The smallest absolute Gasteiger partial charge is 0.0406 e. The Morgan fingerprint density at radius 2 is 1.90 bits per heavy atom. The van der Waals surface area contributed by atoms with Gasteiger partial charge in [0.1, 0.15) is 0 Å². The zero-order valence-corrected chi connectivity index (χ0v) is 13.6. The summed E-state index contributed by atoms with van der Waals surface area (Å²) < 4.78 is 0. The lowest BCUT2D eigenvalue weighted by Crippen LogP contribution is -2.33. The van der Waals surface area contributed by atoms with Crippen LogP contribution < -0.4 is 5.32 Å². The lowest BCUT2D eigenvalue weighted by atomic mass is 9.70. The van der Waals surface area contributed by atoms with Gasteiger partial charge >= 0.3 is 0 Å². The van der Waals surface area contributed by atoms with E-state index in [1.165, 1.54) is 44.1 Å². The second-order valence-electron chi connectivity index (χ2n) is 6.38. The highest BCUT2D eigenvalue weighted by Crippen LogP contribution is 2.37. The van der Waals surface area contributed by atoms with Gasteiger partial charge in [0.05, 0.1) is 0 Å². The first-order valence-electron chi connectivity index (χ1n) is 8.12. The Hall–Kier alpha value is -0.530. The van der Waals surface area contributed by atoms with Crippen LogP contribution in [-0.2, 0) is 6.42 Å². The minimum Gasteiger partial charge on any atom is -0.319 e. The molecular weight excluding hydrogens is 266 g/mol. The molecule has 0 radical (unpaired) electrons. The van der Waals surface area contributed by atoms with Crippen LogP contribution in [0.4, 0.5) is 0 Å². The molecule has 0 heterocycles. The first-order valence-corrected chi connectivity index (χ1v) is 8.49. The zero-order valence-electron chi connectivity index (χ0n) is 12.9. The van der Waals surface area contributed by atoms with Gasteiger partial charge in [-0.2, -0.15) is 0 Å². The molecule has 3 unspecified atom stereocenters. The number of halogens is 1. The van der Waals surface area contributed by atoms with Crippen molar-refractivity contribution >= 4 is 11.6 Å². The third-order valence-electron chi connectivity index (χ3n) is 4.82. The largest absolute Gasteiger partial charge is 0.319 e. The molecule has 3 atom stereocenters. The highest BCUT2D eigenvalue weighted by atomic mass is 35.5. The van der Waals surface area contributed by atoms with Crippen molar-refractivity contribution in [3.63, 3.8) is 0 Å². The summed E-state index contributed by atoms with van der Waals surface area (Å²) in [6.45, 7) is 3.48. The van der Waals surface area contributed by atoms with Gasteiger partial charge in [0.25, 0.3) is 0 Å². The quantitative estimate of drug-likeness (QED) is 0.784. The molecule has 1 nitrogen and oxygen atoms in total. The molecular formula is C18H28ClN. The van der Waals surface area contributed by atoms with E-state index in [-0.39, 0.29) is 0 Å². The molecule has 0 saturated heterocycles. The van der Waals surface area contributed by atoms with E-state index < -0.39 is 0 Å². The van der Waals surface area contributed by atoms with E-state index in [4.69, 9.17) is 11.6 Å². The van der Waals surface area contributed by atoms with Crippen molar-refractivity contribution in [2.75, 3.05) is 13.6 Å². The van der Waals surface area contributed by atoms with Gasteiger partial charge in [-0.1, -0.05) is 49.9 Å². The Labute approximate surface area is 129 Å². The van der Waals surface area contributed by atoms with E-state index in [0.29, 0.717) is 0 Å². The highest BCUT2D eigenvalue weighted by Gasteiger charge is 2.29. The van der Waals surface area contributed by atoms with Gasteiger partial charge in [0.2, 0.25) is 0 Å². The van der Waals surface area contributed by atoms with Crippen LogP contribution in [0.1, 0.15) is 44.6 Å². The van der Waals surface area contributed by atoms with Gasteiger partial charge in [-0.25, -0.2) is 0 Å². The van der Waals surface area contributed by atoms with Crippen molar-refractivity contribution in [2.45, 2.75) is 45.4 Å². The topological polar surface area (TPSA) is 12.0 Å². The highest BCUT2D eigenvalue weighted by molar-refractivity contribution is 6.30. The maximum absolute atomic E-state index is 5.99. The van der Waals surface area contributed by atoms with Gasteiger partial charge in [-0.05, 0) is 68.3 Å². The Morgan fingerprint density at radius 1 is 1.15 bits per heavy atom. The van der Waals surface area contributed by atoms with Gasteiger partial charge in [-0.3, -0.25) is 0 Å². The van der Waals surface area contributed by atoms with Gasteiger partial charge in [0.15, 0.2) is 0 Å². The van der Waals surface area contributed by atoms with Crippen LogP contribution in [0.3, 0.4) is 0 Å². The maximum atomic E-state index is 5.99. The number of nitrogens with one attached hydrogen (secondary N) is 1. The van der Waals surface area contributed by atoms with Gasteiger partial charge in [0, 0.05) is 5.02 Å². The molecule has 0 spiro atoms. The molecule has 2 rings (SSSR count). The third kappa shape index (κ3) is 4.49. The van der Waals surface area contributed by atoms with Crippen molar-refractivity contribution in [2.24, 2.45) is 17.8 Å². The predicted octanol–water partition coefficient (Wildman–Crippen LogP) is 4.93. The molecule has 1 aliphatic rings. The van der Waals surface area contributed by atoms with Crippen LogP contribution in [0, 0.1) is 17.8 Å². The first-order chi connectivity index (χ1) is 9.72. The number of benzene rings is 1. The molecule has 0 aromatic heterocycles. The fourth-order valence-electron chi connectivity index (χ4n) is 3.80. The summed E-state index contributed by atoms with van der Waals surface area (Å²) in [6.07, 6.45) is 8.17. The minimum absolute atomic E-state index is 0.828.